The van der Waals surface area contributed by atoms with E-state index in [1.807, 2.05) is 20.8 Å². The van der Waals surface area contributed by atoms with Crippen LogP contribution in [-0.4, -0.2) is 49.9 Å². The average Bonchev–Trinajstić information content (AvgIpc) is 2.54. The molecular formula is C16H26N4O3S2. The number of hydrogen-bond acceptors (Lipinski definition) is 4. The molecule has 140 valence electrons. The van der Waals surface area contributed by atoms with Crippen molar-refractivity contribution in [3.8, 4) is 0 Å². The summed E-state index contributed by atoms with van der Waals surface area (Å²) >= 11 is 5.21. The Bertz CT molecular complexity index is 716. The lowest BCUT2D eigenvalue weighted by atomic mass is 10.2. The van der Waals surface area contributed by atoms with Crippen LogP contribution >= 0.6 is 12.2 Å². The van der Waals surface area contributed by atoms with Gasteiger partial charge in [0.05, 0.1) is 4.90 Å². The maximum absolute atomic E-state index is 12.6. The summed E-state index contributed by atoms with van der Waals surface area (Å²) in [5, 5.41) is 9.00. The summed E-state index contributed by atoms with van der Waals surface area (Å²) in [6.45, 7) is 8.69. The highest BCUT2D eigenvalue weighted by Crippen LogP contribution is 2.22. The Hall–Kier alpha value is -1.71. The minimum Gasteiger partial charge on any atom is -0.361 e. The van der Waals surface area contributed by atoms with Crippen molar-refractivity contribution in [2.24, 2.45) is 0 Å². The summed E-state index contributed by atoms with van der Waals surface area (Å²) in [5.74, 6) is -0.106. The first kappa shape index (κ1) is 21.3. The van der Waals surface area contributed by atoms with Crippen LogP contribution < -0.4 is 16.0 Å². The van der Waals surface area contributed by atoms with E-state index < -0.39 is 10.0 Å². The molecule has 7 nitrogen and oxygen atoms in total. The average molecular weight is 387 g/mol. The largest absolute Gasteiger partial charge is 0.361 e. The van der Waals surface area contributed by atoms with Gasteiger partial charge in [-0.2, -0.15) is 4.31 Å². The highest BCUT2D eigenvalue weighted by atomic mass is 32.2. The normalized spacial score (nSPS) is 11.2. The number of anilines is 1. The summed E-state index contributed by atoms with van der Waals surface area (Å²) in [6, 6.07) is 4.94. The van der Waals surface area contributed by atoms with E-state index in [-0.39, 0.29) is 10.8 Å². The Balaban J connectivity index is 2.85. The van der Waals surface area contributed by atoms with Crippen LogP contribution in [0.1, 0.15) is 26.3 Å². The van der Waals surface area contributed by atoms with Gasteiger partial charge >= 0.3 is 0 Å². The fourth-order valence-corrected chi connectivity index (χ4v) is 3.89. The monoisotopic (exact) mass is 386 g/mol. The third-order valence-electron chi connectivity index (χ3n) is 3.58. The molecule has 0 radical (unpaired) electrons. The van der Waals surface area contributed by atoms with Crippen molar-refractivity contribution >= 4 is 38.9 Å². The number of aryl methyl sites for hydroxylation is 1. The summed E-state index contributed by atoms with van der Waals surface area (Å²) in [5.41, 5.74) is 1.51. The lowest BCUT2D eigenvalue weighted by molar-refractivity contribution is -0.118. The van der Waals surface area contributed by atoms with Crippen molar-refractivity contribution in [3.05, 3.63) is 23.8 Å². The molecule has 0 saturated heterocycles. The number of thiocarbonyl (C=S) groups is 1. The molecule has 0 fully saturated rings. The fraction of sp³-hybridized carbons (Fsp3) is 0.500. The Morgan fingerprint density at radius 1 is 1.16 bits per heavy atom. The maximum atomic E-state index is 12.6. The van der Waals surface area contributed by atoms with Gasteiger partial charge in [-0.25, -0.2) is 8.42 Å². The summed E-state index contributed by atoms with van der Waals surface area (Å²) in [7, 11) is -3.52. The molecule has 0 aliphatic heterocycles. The van der Waals surface area contributed by atoms with Crippen molar-refractivity contribution in [3.63, 3.8) is 0 Å². The second-order valence-electron chi connectivity index (χ2n) is 5.43. The van der Waals surface area contributed by atoms with E-state index in [9.17, 15) is 13.2 Å². The number of nitrogens with zero attached hydrogens (tertiary/aromatic N) is 1. The molecular weight excluding hydrogens is 360 g/mol. The molecule has 1 amide bonds. The van der Waals surface area contributed by atoms with Gasteiger partial charge in [-0.1, -0.05) is 19.9 Å². The molecule has 25 heavy (non-hydrogen) atoms. The lowest BCUT2D eigenvalue weighted by Gasteiger charge is -2.20. The van der Waals surface area contributed by atoms with Gasteiger partial charge in [0.1, 0.15) is 0 Å². The van der Waals surface area contributed by atoms with Crippen LogP contribution in [0.15, 0.2) is 23.1 Å². The number of sulfonamides is 1. The van der Waals surface area contributed by atoms with E-state index in [2.05, 4.69) is 16.0 Å². The van der Waals surface area contributed by atoms with Crippen molar-refractivity contribution in [1.82, 2.24) is 14.9 Å². The number of hydrogen-bond donors (Lipinski definition) is 3. The minimum absolute atomic E-state index is 0.106. The molecule has 0 aliphatic carbocycles. The molecule has 0 bridgehead atoms. The number of rotatable bonds is 8. The zero-order valence-electron chi connectivity index (χ0n) is 15.0. The van der Waals surface area contributed by atoms with Crippen LogP contribution in [0.4, 0.5) is 5.69 Å². The molecule has 0 aromatic heterocycles. The predicted molar refractivity (Wildman–Crippen MR) is 104 cm³/mol. The zero-order chi connectivity index (χ0) is 19.0. The smallest absolute Gasteiger partial charge is 0.243 e. The Morgan fingerprint density at radius 3 is 2.32 bits per heavy atom. The molecule has 1 rings (SSSR count). The molecule has 0 aliphatic rings. The van der Waals surface area contributed by atoms with Gasteiger partial charge in [0, 0.05) is 38.8 Å². The number of nitrogens with one attached hydrogen (secondary N) is 3. The van der Waals surface area contributed by atoms with Crippen LogP contribution in [0, 0.1) is 6.92 Å². The third kappa shape index (κ3) is 6.26. The third-order valence-corrected chi connectivity index (χ3v) is 5.88. The van der Waals surface area contributed by atoms with Gasteiger partial charge in [0.2, 0.25) is 15.9 Å². The number of amides is 1. The first-order valence-corrected chi connectivity index (χ1v) is 9.97. The van der Waals surface area contributed by atoms with E-state index in [0.717, 1.165) is 5.56 Å². The molecule has 3 N–H and O–H groups in total. The second kappa shape index (κ2) is 9.69. The molecule has 0 heterocycles. The van der Waals surface area contributed by atoms with Crippen molar-refractivity contribution < 1.29 is 13.2 Å². The van der Waals surface area contributed by atoms with E-state index >= 15 is 0 Å². The van der Waals surface area contributed by atoms with Crippen molar-refractivity contribution in [2.45, 2.75) is 32.6 Å². The molecule has 1 aromatic rings. The van der Waals surface area contributed by atoms with Gasteiger partial charge in [0.15, 0.2) is 5.11 Å². The van der Waals surface area contributed by atoms with E-state index in [1.54, 1.807) is 18.2 Å². The summed E-state index contributed by atoms with van der Waals surface area (Å²) in [4.78, 5) is 11.0. The SMILES string of the molecule is CCN(CC)S(=O)(=O)c1ccc(C)c(NC(=S)NCCNC(C)=O)c1. The van der Waals surface area contributed by atoms with Gasteiger partial charge in [-0.3, -0.25) is 4.79 Å². The highest BCUT2D eigenvalue weighted by molar-refractivity contribution is 7.89. The van der Waals surface area contributed by atoms with Crippen LogP contribution in [-0.2, 0) is 14.8 Å². The molecule has 0 saturated carbocycles. The maximum Gasteiger partial charge on any atom is 0.243 e. The minimum atomic E-state index is -3.52. The molecule has 0 atom stereocenters. The van der Waals surface area contributed by atoms with Crippen molar-refractivity contribution in [1.29, 1.82) is 0 Å². The van der Waals surface area contributed by atoms with Crippen LogP contribution in [0.25, 0.3) is 0 Å². The van der Waals surface area contributed by atoms with Crippen molar-refractivity contribution in [2.75, 3.05) is 31.5 Å². The molecule has 1 aromatic carbocycles. The van der Waals surface area contributed by atoms with Gasteiger partial charge in [-0.15, -0.1) is 0 Å². The van der Waals surface area contributed by atoms with Gasteiger partial charge in [-0.05, 0) is 36.8 Å². The lowest BCUT2D eigenvalue weighted by Crippen LogP contribution is -2.36. The summed E-state index contributed by atoms with van der Waals surface area (Å²) in [6.07, 6.45) is 0. The Labute approximate surface area is 155 Å². The Kier molecular flexibility index (Phi) is 8.27. The van der Waals surface area contributed by atoms with Gasteiger partial charge < -0.3 is 16.0 Å². The quantitative estimate of drug-likeness (QED) is 0.463. The van der Waals surface area contributed by atoms with Crippen LogP contribution in [0.5, 0.6) is 0 Å². The number of benzene rings is 1. The molecule has 0 unspecified atom stereocenters. The molecule has 9 heteroatoms. The van der Waals surface area contributed by atoms with E-state index in [0.29, 0.717) is 37.0 Å². The highest BCUT2D eigenvalue weighted by Gasteiger charge is 2.22. The van der Waals surface area contributed by atoms with Crippen LogP contribution in [0.3, 0.4) is 0 Å². The predicted octanol–water partition coefficient (Wildman–Crippen LogP) is 1.45. The summed E-state index contributed by atoms with van der Waals surface area (Å²) < 4.78 is 26.7. The fourth-order valence-electron chi connectivity index (χ4n) is 2.19. The van der Waals surface area contributed by atoms with Gasteiger partial charge in [0.25, 0.3) is 0 Å². The number of carbonyl (C=O) groups excluding carboxylic acids is 1. The topological polar surface area (TPSA) is 90.5 Å². The second-order valence-corrected chi connectivity index (χ2v) is 7.78. The molecule has 0 spiro atoms. The number of carbonyl (C=O) groups is 1. The zero-order valence-corrected chi connectivity index (χ0v) is 16.7. The van der Waals surface area contributed by atoms with E-state index in [1.165, 1.54) is 11.2 Å². The Morgan fingerprint density at radius 2 is 1.76 bits per heavy atom. The van der Waals surface area contributed by atoms with Crippen LogP contribution in [0.2, 0.25) is 0 Å². The first-order chi connectivity index (χ1) is 11.7. The van der Waals surface area contributed by atoms with E-state index in [4.69, 9.17) is 12.2 Å². The first-order valence-electron chi connectivity index (χ1n) is 8.12. The standard InChI is InChI=1S/C16H26N4O3S2/c1-5-20(6-2)25(22,23)14-8-7-12(3)15(11-14)19-16(24)18-10-9-17-13(4)21/h7-8,11H,5-6,9-10H2,1-4H3,(H,17,21)(H2,18,19,24).